The van der Waals surface area contributed by atoms with Crippen molar-refractivity contribution in [2.24, 2.45) is 4.99 Å². The molecule has 6 heteroatoms. The lowest BCUT2D eigenvalue weighted by Crippen LogP contribution is -2.07. The molecule has 0 bridgehead atoms. The van der Waals surface area contributed by atoms with Crippen LogP contribution in [0.2, 0.25) is 5.02 Å². The van der Waals surface area contributed by atoms with Crippen LogP contribution in [-0.2, 0) is 0 Å². The van der Waals surface area contributed by atoms with E-state index < -0.39 is 4.92 Å². The largest absolute Gasteiger partial charge is 0.378 e. The van der Waals surface area contributed by atoms with E-state index in [1.54, 1.807) is 12.1 Å². The van der Waals surface area contributed by atoms with Gasteiger partial charge in [-0.3, -0.25) is 15.1 Å². The van der Waals surface area contributed by atoms with Gasteiger partial charge in [0, 0.05) is 37.1 Å². The molecule has 0 aliphatic carbocycles. The van der Waals surface area contributed by atoms with E-state index in [1.807, 2.05) is 43.3 Å². The Labute approximate surface area is 127 Å². The van der Waals surface area contributed by atoms with Crippen molar-refractivity contribution < 1.29 is 4.92 Å². The summed E-state index contributed by atoms with van der Waals surface area (Å²) in [6.07, 6.45) is 1.47. The Morgan fingerprint density at radius 1 is 1.19 bits per heavy atom. The van der Waals surface area contributed by atoms with Gasteiger partial charge in [0.05, 0.1) is 16.2 Å². The van der Waals surface area contributed by atoms with Crippen molar-refractivity contribution in [3.05, 3.63) is 63.2 Å². The number of nitro benzene ring substituents is 1. The topological polar surface area (TPSA) is 58.7 Å². The van der Waals surface area contributed by atoms with Crippen molar-refractivity contribution in [1.82, 2.24) is 0 Å². The molecule has 0 atom stereocenters. The van der Waals surface area contributed by atoms with Gasteiger partial charge < -0.3 is 4.90 Å². The van der Waals surface area contributed by atoms with Crippen LogP contribution in [0.3, 0.4) is 0 Å². The molecule has 0 radical (unpaired) electrons. The van der Waals surface area contributed by atoms with Crippen LogP contribution >= 0.6 is 11.6 Å². The molecule has 2 rings (SSSR count). The number of anilines is 1. The Balaban J connectivity index is 2.27. The summed E-state index contributed by atoms with van der Waals surface area (Å²) in [7, 11) is 3.91. The van der Waals surface area contributed by atoms with Gasteiger partial charge in [-0.2, -0.15) is 0 Å². The zero-order valence-electron chi connectivity index (χ0n) is 11.7. The van der Waals surface area contributed by atoms with E-state index in [4.69, 9.17) is 11.6 Å². The SMILES string of the molecule is CN(C)c1ccc(/N=C/c2ccc(Cl)cc2[N+](=O)[O-])cc1. The van der Waals surface area contributed by atoms with Crippen LogP contribution in [0.4, 0.5) is 17.1 Å². The summed E-state index contributed by atoms with van der Waals surface area (Å²) in [4.78, 5) is 16.8. The molecule has 0 heterocycles. The third kappa shape index (κ3) is 3.79. The van der Waals surface area contributed by atoms with Crippen molar-refractivity contribution in [3.8, 4) is 0 Å². The fourth-order valence-corrected chi connectivity index (χ4v) is 1.93. The third-order valence-corrected chi connectivity index (χ3v) is 3.14. The van der Waals surface area contributed by atoms with Crippen LogP contribution in [-0.4, -0.2) is 25.2 Å². The van der Waals surface area contributed by atoms with E-state index in [-0.39, 0.29) is 5.69 Å². The zero-order chi connectivity index (χ0) is 15.4. The van der Waals surface area contributed by atoms with Crippen LogP contribution in [0, 0.1) is 10.1 Å². The van der Waals surface area contributed by atoms with Gasteiger partial charge in [-0.1, -0.05) is 11.6 Å². The van der Waals surface area contributed by atoms with E-state index in [0.29, 0.717) is 10.6 Å². The summed E-state index contributed by atoms with van der Waals surface area (Å²) in [5, 5.41) is 11.3. The normalized spacial score (nSPS) is 10.8. The van der Waals surface area contributed by atoms with Gasteiger partial charge in [0.2, 0.25) is 0 Å². The van der Waals surface area contributed by atoms with Crippen LogP contribution in [0.15, 0.2) is 47.5 Å². The number of nitro groups is 1. The first-order chi connectivity index (χ1) is 9.97. The smallest absolute Gasteiger partial charge is 0.279 e. The minimum atomic E-state index is -0.470. The van der Waals surface area contributed by atoms with E-state index in [2.05, 4.69) is 4.99 Å². The molecule has 0 aliphatic rings. The summed E-state index contributed by atoms with van der Waals surface area (Å²) in [6.45, 7) is 0. The Kier molecular flexibility index (Phi) is 4.55. The number of benzene rings is 2. The summed E-state index contributed by atoms with van der Waals surface area (Å²) in [6, 6.07) is 12.1. The maximum atomic E-state index is 11.0. The van der Waals surface area contributed by atoms with Crippen molar-refractivity contribution >= 4 is 34.9 Å². The van der Waals surface area contributed by atoms with Crippen LogP contribution in [0.25, 0.3) is 0 Å². The van der Waals surface area contributed by atoms with E-state index in [0.717, 1.165) is 11.4 Å². The Morgan fingerprint density at radius 3 is 2.43 bits per heavy atom. The monoisotopic (exact) mass is 303 g/mol. The van der Waals surface area contributed by atoms with Crippen molar-refractivity contribution in [1.29, 1.82) is 0 Å². The lowest BCUT2D eigenvalue weighted by molar-refractivity contribution is -0.385. The van der Waals surface area contributed by atoms with Gasteiger partial charge in [-0.25, -0.2) is 0 Å². The maximum Gasteiger partial charge on any atom is 0.279 e. The number of rotatable bonds is 4. The second-order valence-corrected chi connectivity index (χ2v) is 5.07. The second-order valence-electron chi connectivity index (χ2n) is 4.63. The first-order valence-electron chi connectivity index (χ1n) is 6.23. The molecule has 0 N–H and O–H groups in total. The molecule has 0 unspecified atom stereocenters. The molecular weight excluding hydrogens is 290 g/mol. The summed E-state index contributed by atoms with van der Waals surface area (Å²) < 4.78 is 0. The van der Waals surface area contributed by atoms with Gasteiger partial charge in [-0.05, 0) is 36.4 Å². The highest BCUT2D eigenvalue weighted by molar-refractivity contribution is 6.30. The van der Waals surface area contributed by atoms with Gasteiger partial charge in [0.25, 0.3) is 5.69 Å². The molecule has 5 nitrogen and oxygen atoms in total. The van der Waals surface area contributed by atoms with Crippen LogP contribution in [0.5, 0.6) is 0 Å². The summed E-state index contributed by atoms with van der Waals surface area (Å²) in [5.74, 6) is 0. The minimum absolute atomic E-state index is 0.0591. The Morgan fingerprint density at radius 2 is 1.86 bits per heavy atom. The number of halogens is 1. The Bertz CT molecular complexity index is 682. The number of aliphatic imine (C=N–C) groups is 1. The highest BCUT2D eigenvalue weighted by Crippen LogP contribution is 2.23. The van der Waals surface area contributed by atoms with Gasteiger partial charge in [0.1, 0.15) is 0 Å². The third-order valence-electron chi connectivity index (χ3n) is 2.91. The quantitative estimate of drug-likeness (QED) is 0.486. The van der Waals surface area contributed by atoms with Crippen molar-refractivity contribution in [3.63, 3.8) is 0 Å². The maximum absolute atomic E-state index is 11.0. The lowest BCUT2D eigenvalue weighted by atomic mass is 10.2. The molecule has 0 saturated heterocycles. The fourth-order valence-electron chi connectivity index (χ4n) is 1.77. The minimum Gasteiger partial charge on any atom is -0.378 e. The molecule has 0 fully saturated rings. The molecule has 108 valence electrons. The molecule has 0 aliphatic heterocycles. The highest BCUT2D eigenvalue weighted by atomic mass is 35.5. The Hall–Kier alpha value is -2.40. The standard InChI is InChI=1S/C15H14ClN3O2/c1-18(2)14-7-5-13(6-8-14)17-10-11-3-4-12(16)9-15(11)19(20)21/h3-10H,1-2H3/b17-10+. The lowest BCUT2D eigenvalue weighted by Gasteiger charge is -2.11. The zero-order valence-corrected chi connectivity index (χ0v) is 12.4. The van der Waals surface area contributed by atoms with Gasteiger partial charge in [-0.15, -0.1) is 0 Å². The van der Waals surface area contributed by atoms with Gasteiger partial charge in [0.15, 0.2) is 0 Å². The van der Waals surface area contributed by atoms with E-state index in [9.17, 15) is 10.1 Å². The van der Waals surface area contributed by atoms with Crippen molar-refractivity contribution in [2.75, 3.05) is 19.0 Å². The first kappa shape index (κ1) is 15.0. The van der Waals surface area contributed by atoms with E-state index in [1.165, 1.54) is 12.3 Å². The molecular formula is C15H14ClN3O2. The average Bonchev–Trinajstić information content (AvgIpc) is 2.46. The number of nitrogens with zero attached hydrogens (tertiary/aromatic N) is 3. The second kappa shape index (κ2) is 6.37. The molecule has 2 aromatic carbocycles. The predicted octanol–water partition coefficient (Wildman–Crippen LogP) is 4.06. The number of hydrogen-bond donors (Lipinski definition) is 0. The number of hydrogen-bond acceptors (Lipinski definition) is 4. The highest BCUT2D eigenvalue weighted by Gasteiger charge is 2.12. The molecule has 0 amide bonds. The molecule has 0 saturated carbocycles. The van der Waals surface area contributed by atoms with Crippen LogP contribution < -0.4 is 4.90 Å². The van der Waals surface area contributed by atoms with Crippen molar-refractivity contribution in [2.45, 2.75) is 0 Å². The fraction of sp³-hybridized carbons (Fsp3) is 0.133. The van der Waals surface area contributed by atoms with E-state index >= 15 is 0 Å². The first-order valence-corrected chi connectivity index (χ1v) is 6.60. The summed E-state index contributed by atoms with van der Waals surface area (Å²) in [5.41, 5.74) is 2.15. The molecule has 0 aromatic heterocycles. The molecule has 21 heavy (non-hydrogen) atoms. The summed E-state index contributed by atoms with van der Waals surface area (Å²) >= 11 is 5.77. The predicted molar refractivity (Wildman–Crippen MR) is 86.1 cm³/mol. The van der Waals surface area contributed by atoms with Gasteiger partial charge >= 0.3 is 0 Å². The molecule has 0 spiro atoms. The molecule has 2 aromatic rings. The average molecular weight is 304 g/mol. The van der Waals surface area contributed by atoms with Crippen LogP contribution in [0.1, 0.15) is 5.56 Å².